The Morgan fingerprint density at radius 3 is 2.42 bits per heavy atom. The van der Waals surface area contributed by atoms with Crippen LogP contribution in [0.2, 0.25) is 0 Å². The average molecular weight is 170 g/mol. The lowest BCUT2D eigenvalue weighted by atomic mass is 9.63. The van der Waals surface area contributed by atoms with E-state index in [0.29, 0.717) is 5.92 Å². The van der Waals surface area contributed by atoms with Crippen LogP contribution in [0.1, 0.15) is 25.7 Å². The van der Waals surface area contributed by atoms with Gasteiger partial charge < -0.3 is 10.2 Å². The van der Waals surface area contributed by atoms with Crippen molar-refractivity contribution in [2.45, 2.75) is 31.8 Å². The van der Waals surface area contributed by atoms with Crippen LogP contribution in [0.15, 0.2) is 0 Å². The molecule has 3 aliphatic rings. The molecule has 0 saturated heterocycles. The maximum atomic E-state index is 10.8. The van der Waals surface area contributed by atoms with Crippen molar-refractivity contribution in [2.75, 3.05) is 0 Å². The molecule has 0 aromatic heterocycles. The Hall–Kier alpha value is -0.570. The molecule has 2 bridgehead atoms. The number of aliphatic hydroxyl groups excluding tert-OH is 1. The Morgan fingerprint density at radius 1 is 1.25 bits per heavy atom. The van der Waals surface area contributed by atoms with Crippen molar-refractivity contribution < 1.29 is 15.0 Å². The molecule has 0 aromatic carbocycles. The molecule has 0 amide bonds. The van der Waals surface area contributed by atoms with Crippen molar-refractivity contribution in [1.29, 1.82) is 0 Å². The second-order valence-corrected chi connectivity index (χ2v) is 4.09. The van der Waals surface area contributed by atoms with E-state index in [1.165, 1.54) is 0 Å². The van der Waals surface area contributed by atoms with E-state index in [1.807, 2.05) is 0 Å². The molecule has 4 atom stereocenters. The van der Waals surface area contributed by atoms with Gasteiger partial charge >= 0.3 is 5.97 Å². The topological polar surface area (TPSA) is 57.5 Å². The molecule has 3 saturated carbocycles. The summed E-state index contributed by atoms with van der Waals surface area (Å²) in [6, 6.07) is 0. The van der Waals surface area contributed by atoms with Gasteiger partial charge in [-0.05, 0) is 37.5 Å². The number of aliphatic hydroxyl groups is 1. The zero-order valence-corrected chi connectivity index (χ0v) is 6.94. The van der Waals surface area contributed by atoms with Crippen molar-refractivity contribution in [2.24, 2.45) is 17.8 Å². The Bertz CT molecular complexity index is 202. The van der Waals surface area contributed by atoms with Crippen LogP contribution in [0, 0.1) is 17.8 Å². The highest BCUT2D eigenvalue weighted by Gasteiger charge is 2.44. The molecule has 3 fully saturated rings. The summed E-state index contributed by atoms with van der Waals surface area (Å²) >= 11 is 0. The summed E-state index contributed by atoms with van der Waals surface area (Å²) in [5.74, 6) is -0.491. The van der Waals surface area contributed by atoms with Gasteiger partial charge in [0.1, 0.15) is 0 Å². The largest absolute Gasteiger partial charge is 0.481 e. The van der Waals surface area contributed by atoms with Gasteiger partial charge in [-0.15, -0.1) is 0 Å². The average Bonchev–Trinajstić information content (AvgIpc) is 2.04. The number of fused-ring (bicyclic) bond motifs is 3. The van der Waals surface area contributed by atoms with Gasteiger partial charge in [-0.3, -0.25) is 4.79 Å². The maximum absolute atomic E-state index is 10.8. The quantitative estimate of drug-likeness (QED) is 0.614. The smallest absolute Gasteiger partial charge is 0.306 e. The van der Waals surface area contributed by atoms with Gasteiger partial charge in [0.2, 0.25) is 0 Å². The number of aliphatic carboxylic acids is 1. The van der Waals surface area contributed by atoms with Crippen molar-refractivity contribution in [3.05, 3.63) is 0 Å². The van der Waals surface area contributed by atoms with E-state index >= 15 is 0 Å². The fourth-order valence-corrected chi connectivity index (χ4v) is 2.76. The molecule has 0 aliphatic heterocycles. The van der Waals surface area contributed by atoms with E-state index < -0.39 is 5.97 Å². The van der Waals surface area contributed by atoms with Crippen LogP contribution in [0.25, 0.3) is 0 Å². The maximum Gasteiger partial charge on any atom is 0.306 e. The molecular formula is C9H14O3. The Kier molecular flexibility index (Phi) is 1.83. The minimum Gasteiger partial charge on any atom is -0.481 e. The highest BCUT2D eigenvalue weighted by molar-refractivity contribution is 5.70. The Morgan fingerprint density at radius 2 is 2.00 bits per heavy atom. The van der Waals surface area contributed by atoms with Crippen molar-refractivity contribution >= 4 is 5.97 Å². The third kappa shape index (κ3) is 1.12. The van der Waals surface area contributed by atoms with Gasteiger partial charge in [0, 0.05) is 0 Å². The summed E-state index contributed by atoms with van der Waals surface area (Å²) in [5, 5.41) is 18.4. The lowest BCUT2D eigenvalue weighted by Gasteiger charge is -2.43. The first-order valence-electron chi connectivity index (χ1n) is 4.59. The summed E-state index contributed by atoms with van der Waals surface area (Å²) in [5.41, 5.74) is 0. The molecule has 3 heteroatoms. The highest BCUT2D eigenvalue weighted by Crippen LogP contribution is 2.45. The van der Waals surface area contributed by atoms with Crippen LogP contribution >= 0.6 is 0 Å². The second-order valence-electron chi connectivity index (χ2n) is 4.09. The van der Waals surface area contributed by atoms with Crippen molar-refractivity contribution in [3.63, 3.8) is 0 Å². The molecule has 2 N–H and O–H groups in total. The molecule has 3 nitrogen and oxygen atoms in total. The number of carbonyl (C=O) groups is 1. The van der Waals surface area contributed by atoms with Crippen LogP contribution in [-0.2, 0) is 4.79 Å². The minimum absolute atomic E-state index is 0.0347. The van der Waals surface area contributed by atoms with E-state index in [0.717, 1.165) is 25.7 Å². The number of hydrogen-bond acceptors (Lipinski definition) is 2. The first-order chi connectivity index (χ1) is 5.68. The van der Waals surface area contributed by atoms with Crippen LogP contribution in [0.3, 0.4) is 0 Å². The molecule has 68 valence electrons. The lowest BCUT2D eigenvalue weighted by molar-refractivity contribution is -0.152. The summed E-state index contributed by atoms with van der Waals surface area (Å²) in [6.45, 7) is 0. The van der Waals surface area contributed by atoms with Crippen LogP contribution in [-0.4, -0.2) is 22.3 Å². The fourth-order valence-electron chi connectivity index (χ4n) is 2.76. The van der Waals surface area contributed by atoms with Crippen molar-refractivity contribution in [1.82, 2.24) is 0 Å². The summed E-state index contributed by atoms with van der Waals surface area (Å²) in [7, 11) is 0. The number of carboxylic acid groups (broad SMARTS) is 1. The molecule has 0 heterocycles. The molecule has 0 unspecified atom stereocenters. The monoisotopic (exact) mass is 170 g/mol. The fraction of sp³-hybridized carbons (Fsp3) is 0.889. The van der Waals surface area contributed by atoms with Crippen molar-refractivity contribution in [3.8, 4) is 0 Å². The zero-order valence-electron chi connectivity index (χ0n) is 6.94. The molecule has 3 rings (SSSR count). The molecule has 12 heavy (non-hydrogen) atoms. The van der Waals surface area contributed by atoms with E-state index in [2.05, 4.69) is 0 Å². The first kappa shape index (κ1) is 8.05. The summed E-state index contributed by atoms with van der Waals surface area (Å²) < 4.78 is 0. The Balaban J connectivity index is 2.14. The standard InChI is InChI=1S/C9H14O3/c10-8-4-5-1-2-6(8)7(3-5)9(11)12/h5-8,10H,1-4H2,(H,11,12)/t5-,6-,7-,8+/m1/s1. The first-order valence-corrected chi connectivity index (χ1v) is 4.59. The summed E-state index contributed by atoms with van der Waals surface area (Å²) in [6.07, 6.45) is 3.29. The molecule has 0 spiro atoms. The predicted molar refractivity (Wildman–Crippen MR) is 42.6 cm³/mol. The van der Waals surface area contributed by atoms with E-state index in [-0.39, 0.29) is 17.9 Å². The van der Waals surface area contributed by atoms with E-state index in [4.69, 9.17) is 5.11 Å². The predicted octanol–water partition coefficient (Wildman–Crippen LogP) is 0.868. The minimum atomic E-state index is -0.719. The third-order valence-electron chi connectivity index (χ3n) is 3.40. The molecular weight excluding hydrogens is 156 g/mol. The van der Waals surface area contributed by atoms with Crippen LogP contribution in [0.5, 0.6) is 0 Å². The Labute approximate surface area is 71.4 Å². The van der Waals surface area contributed by atoms with E-state index in [1.54, 1.807) is 0 Å². The van der Waals surface area contributed by atoms with Gasteiger partial charge in [-0.25, -0.2) is 0 Å². The van der Waals surface area contributed by atoms with Gasteiger partial charge in [-0.2, -0.15) is 0 Å². The number of rotatable bonds is 1. The van der Waals surface area contributed by atoms with Gasteiger partial charge in [0.05, 0.1) is 12.0 Å². The number of hydrogen-bond donors (Lipinski definition) is 2. The second kappa shape index (κ2) is 2.73. The zero-order chi connectivity index (χ0) is 8.72. The third-order valence-corrected chi connectivity index (χ3v) is 3.40. The number of carboxylic acids is 1. The van der Waals surface area contributed by atoms with Crippen LogP contribution in [0.4, 0.5) is 0 Å². The molecule has 0 radical (unpaired) electrons. The van der Waals surface area contributed by atoms with Gasteiger partial charge in [0.25, 0.3) is 0 Å². The SMILES string of the molecule is O=C(O)[C@@H]1C[C@H]2CC[C@H]1[C@@H](O)C2. The molecule has 0 aromatic rings. The normalized spacial score (nSPS) is 46.1. The van der Waals surface area contributed by atoms with Gasteiger partial charge in [0.15, 0.2) is 0 Å². The molecule has 3 aliphatic carbocycles. The lowest BCUT2D eigenvalue weighted by Crippen LogP contribution is -2.44. The summed E-state index contributed by atoms with van der Waals surface area (Å²) in [4.78, 5) is 10.8. The van der Waals surface area contributed by atoms with Crippen LogP contribution < -0.4 is 0 Å². The highest BCUT2D eigenvalue weighted by atomic mass is 16.4. The van der Waals surface area contributed by atoms with E-state index in [9.17, 15) is 9.90 Å². The van der Waals surface area contributed by atoms with Gasteiger partial charge in [-0.1, -0.05) is 0 Å².